The van der Waals surface area contributed by atoms with Crippen molar-refractivity contribution in [3.8, 4) is 0 Å². The number of nitrogens with one attached hydrogen (secondary N) is 2. The lowest BCUT2D eigenvalue weighted by molar-refractivity contribution is 0.169. The van der Waals surface area contributed by atoms with Gasteiger partial charge in [-0.3, -0.25) is 4.79 Å². The van der Waals surface area contributed by atoms with E-state index in [-0.39, 0.29) is 18.8 Å². The van der Waals surface area contributed by atoms with E-state index in [1.54, 1.807) is 6.07 Å². The Bertz CT molecular complexity index is 547. The fourth-order valence-corrected chi connectivity index (χ4v) is 2.16. The average molecular weight is 255 g/mol. The van der Waals surface area contributed by atoms with Crippen molar-refractivity contribution < 1.29 is 10.2 Å². The first-order valence-electron chi connectivity index (χ1n) is 5.16. The van der Waals surface area contributed by atoms with Gasteiger partial charge in [0.25, 0.3) is 5.56 Å². The highest BCUT2D eigenvalue weighted by molar-refractivity contribution is 7.17. The number of rotatable bonds is 5. The molecule has 0 saturated carbocycles. The minimum atomic E-state index is -0.404. The molecular weight excluding hydrogens is 242 g/mol. The fourth-order valence-electron chi connectivity index (χ4n) is 1.43. The van der Waals surface area contributed by atoms with Crippen molar-refractivity contribution >= 4 is 21.6 Å². The number of hydrogen-bond acceptors (Lipinski definition) is 6. The van der Waals surface area contributed by atoms with E-state index in [2.05, 4.69) is 15.3 Å². The van der Waals surface area contributed by atoms with Crippen LogP contribution in [0.2, 0.25) is 0 Å². The van der Waals surface area contributed by atoms with Gasteiger partial charge in [-0.05, 0) is 11.4 Å². The predicted molar refractivity (Wildman–Crippen MR) is 65.0 cm³/mol. The van der Waals surface area contributed by atoms with Gasteiger partial charge in [-0.1, -0.05) is 0 Å². The van der Waals surface area contributed by atoms with Gasteiger partial charge in [0.2, 0.25) is 0 Å². The van der Waals surface area contributed by atoms with Crippen LogP contribution in [-0.2, 0) is 6.54 Å². The zero-order chi connectivity index (χ0) is 12.3. The third kappa shape index (κ3) is 2.70. The molecule has 0 aliphatic rings. The summed E-state index contributed by atoms with van der Waals surface area (Å²) in [7, 11) is 0. The summed E-state index contributed by atoms with van der Waals surface area (Å²) in [4.78, 5) is 18.6. The first-order chi connectivity index (χ1) is 8.24. The molecule has 0 unspecified atom stereocenters. The molecule has 0 radical (unpaired) electrons. The van der Waals surface area contributed by atoms with Gasteiger partial charge in [0.1, 0.15) is 10.5 Å². The smallest absolute Gasteiger partial charge is 0.268 e. The van der Waals surface area contributed by atoms with Crippen LogP contribution < -0.4 is 10.9 Å². The summed E-state index contributed by atoms with van der Waals surface area (Å²) in [6.07, 6.45) is 0. The lowest BCUT2D eigenvalue weighted by atomic mass is 10.3. The van der Waals surface area contributed by atoms with Crippen LogP contribution in [0.5, 0.6) is 0 Å². The zero-order valence-corrected chi connectivity index (χ0v) is 9.83. The predicted octanol–water partition coefficient (Wildman–Crippen LogP) is -0.573. The van der Waals surface area contributed by atoms with Crippen molar-refractivity contribution in [3.63, 3.8) is 0 Å². The summed E-state index contributed by atoms with van der Waals surface area (Å²) in [6, 6.07) is 1.38. The van der Waals surface area contributed by atoms with Gasteiger partial charge >= 0.3 is 0 Å². The van der Waals surface area contributed by atoms with Crippen LogP contribution in [0.15, 0.2) is 16.2 Å². The highest BCUT2D eigenvalue weighted by atomic mass is 32.1. The van der Waals surface area contributed by atoms with E-state index in [0.717, 1.165) is 0 Å². The lowest BCUT2D eigenvalue weighted by Crippen LogP contribution is -2.36. The number of aliphatic hydroxyl groups is 2. The van der Waals surface area contributed by atoms with Gasteiger partial charge in [-0.2, -0.15) is 0 Å². The van der Waals surface area contributed by atoms with Gasteiger partial charge in [0, 0.05) is 0 Å². The van der Waals surface area contributed by atoms with Crippen LogP contribution in [0.25, 0.3) is 10.2 Å². The Hall–Kier alpha value is -1.28. The molecule has 7 heteroatoms. The molecule has 0 aliphatic heterocycles. The van der Waals surface area contributed by atoms with Crippen molar-refractivity contribution in [1.29, 1.82) is 0 Å². The number of fused-ring (bicyclic) bond motifs is 1. The molecule has 0 saturated heterocycles. The molecule has 0 fully saturated rings. The Balaban J connectivity index is 2.16. The van der Waals surface area contributed by atoms with Crippen molar-refractivity contribution in [2.45, 2.75) is 12.6 Å². The number of aliphatic hydroxyl groups excluding tert-OH is 2. The van der Waals surface area contributed by atoms with E-state index in [1.165, 1.54) is 11.3 Å². The van der Waals surface area contributed by atoms with Crippen LogP contribution in [0, 0.1) is 0 Å². The highest BCUT2D eigenvalue weighted by Crippen LogP contribution is 2.13. The number of hydrogen-bond donors (Lipinski definition) is 4. The van der Waals surface area contributed by atoms with Gasteiger partial charge < -0.3 is 20.5 Å². The summed E-state index contributed by atoms with van der Waals surface area (Å²) < 4.78 is 0.606. The van der Waals surface area contributed by atoms with E-state index in [0.29, 0.717) is 22.6 Å². The van der Waals surface area contributed by atoms with E-state index < -0.39 is 6.04 Å². The van der Waals surface area contributed by atoms with Crippen molar-refractivity contribution in [3.05, 3.63) is 27.6 Å². The Kier molecular flexibility index (Phi) is 3.85. The molecule has 2 aromatic heterocycles. The van der Waals surface area contributed by atoms with Crippen LogP contribution in [0.1, 0.15) is 5.82 Å². The Morgan fingerprint density at radius 2 is 2.24 bits per heavy atom. The molecule has 6 nitrogen and oxygen atoms in total. The minimum absolute atomic E-state index is 0.161. The molecule has 92 valence electrons. The first-order valence-corrected chi connectivity index (χ1v) is 6.04. The summed E-state index contributed by atoms with van der Waals surface area (Å²) in [5, 5.41) is 22.5. The molecule has 0 aromatic carbocycles. The first kappa shape index (κ1) is 12.2. The van der Waals surface area contributed by atoms with Crippen molar-refractivity contribution in [2.75, 3.05) is 13.2 Å². The zero-order valence-electron chi connectivity index (χ0n) is 9.01. The third-order valence-electron chi connectivity index (χ3n) is 2.36. The van der Waals surface area contributed by atoms with Crippen molar-refractivity contribution in [1.82, 2.24) is 15.3 Å². The van der Waals surface area contributed by atoms with E-state index >= 15 is 0 Å². The molecule has 0 spiro atoms. The minimum Gasteiger partial charge on any atom is -0.395 e. The second-order valence-corrected chi connectivity index (χ2v) is 4.51. The summed E-state index contributed by atoms with van der Waals surface area (Å²) in [5.41, 5.74) is 0.506. The standard InChI is InChI=1S/C10H13N3O3S/c14-4-6(5-15)11-3-8-12-7-1-2-17-9(7)10(16)13-8/h1-2,6,11,14-15H,3-5H2,(H,12,13,16). The number of nitrogens with zero attached hydrogens (tertiary/aromatic N) is 1. The highest BCUT2D eigenvalue weighted by Gasteiger charge is 2.08. The quantitative estimate of drug-likeness (QED) is 0.573. The summed E-state index contributed by atoms with van der Waals surface area (Å²) in [5.74, 6) is 0.493. The summed E-state index contributed by atoms with van der Waals surface area (Å²) in [6.45, 7) is -0.0321. The Morgan fingerprint density at radius 3 is 2.94 bits per heavy atom. The molecule has 2 rings (SSSR count). The molecule has 17 heavy (non-hydrogen) atoms. The number of aromatic nitrogens is 2. The number of thiophene rings is 1. The Morgan fingerprint density at radius 1 is 1.47 bits per heavy atom. The number of aromatic amines is 1. The van der Waals surface area contributed by atoms with E-state index in [4.69, 9.17) is 10.2 Å². The maximum absolute atomic E-state index is 11.6. The summed E-state index contributed by atoms with van der Waals surface area (Å²) >= 11 is 1.35. The van der Waals surface area contributed by atoms with Gasteiger partial charge in [0.15, 0.2) is 0 Å². The van der Waals surface area contributed by atoms with E-state index in [1.807, 2.05) is 5.38 Å². The molecule has 2 heterocycles. The van der Waals surface area contributed by atoms with Crippen LogP contribution >= 0.6 is 11.3 Å². The molecular formula is C10H13N3O3S. The fraction of sp³-hybridized carbons (Fsp3) is 0.400. The average Bonchev–Trinajstić information content (AvgIpc) is 2.79. The molecule has 0 aliphatic carbocycles. The molecule has 0 atom stereocenters. The second-order valence-electron chi connectivity index (χ2n) is 3.59. The number of H-pyrrole nitrogens is 1. The molecule has 0 amide bonds. The normalized spacial score (nSPS) is 11.5. The van der Waals surface area contributed by atoms with Crippen LogP contribution in [0.3, 0.4) is 0 Å². The topological polar surface area (TPSA) is 98.2 Å². The van der Waals surface area contributed by atoms with Gasteiger partial charge in [0.05, 0.1) is 31.3 Å². The van der Waals surface area contributed by atoms with Crippen LogP contribution in [0.4, 0.5) is 0 Å². The Labute approximate surface area is 101 Å². The monoisotopic (exact) mass is 255 g/mol. The second kappa shape index (κ2) is 5.37. The lowest BCUT2D eigenvalue weighted by Gasteiger charge is -2.12. The largest absolute Gasteiger partial charge is 0.395 e. The van der Waals surface area contributed by atoms with E-state index in [9.17, 15) is 4.79 Å². The van der Waals surface area contributed by atoms with Gasteiger partial charge in [-0.25, -0.2) is 4.98 Å². The SMILES string of the molecule is O=c1[nH]c(CNC(CO)CO)nc2ccsc12. The maximum Gasteiger partial charge on any atom is 0.268 e. The van der Waals surface area contributed by atoms with Crippen molar-refractivity contribution in [2.24, 2.45) is 0 Å². The third-order valence-corrected chi connectivity index (χ3v) is 3.27. The molecule has 2 aromatic rings. The molecule has 4 N–H and O–H groups in total. The van der Waals surface area contributed by atoms with Gasteiger partial charge in [-0.15, -0.1) is 11.3 Å². The maximum atomic E-state index is 11.6. The molecule has 0 bridgehead atoms. The van der Waals surface area contributed by atoms with Crippen LogP contribution in [-0.4, -0.2) is 39.4 Å².